The maximum Gasteiger partial charge on any atom is 0.307 e. The van der Waals surface area contributed by atoms with Crippen molar-refractivity contribution < 1.29 is 9.21 Å². The average Bonchev–Trinajstić information content (AvgIpc) is 3.32. The summed E-state index contributed by atoms with van der Waals surface area (Å²) in [7, 11) is 0. The predicted octanol–water partition coefficient (Wildman–Crippen LogP) is 3.11. The van der Waals surface area contributed by atoms with Gasteiger partial charge in [-0.1, -0.05) is 35.1 Å². The Morgan fingerprint density at radius 3 is 2.81 bits per heavy atom. The van der Waals surface area contributed by atoms with Crippen LogP contribution in [0.4, 0.5) is 0 Å². The third kappa shape index (κ3) is 3.81. The zero-order valence-electron chi connectivity index (χ0n) is 14.6. The molecule has 4 rings (SSSR count). The van der Waals surface area contributed by atoms with Crippen molar-refractivity contribution in [2.24, 2.45) is 0 Å². The molecule has 1 aromatic carbocycles. The Balaban J connectivity index is 1.52. The molecule has 2 aromatic heterocycles. The van der Waals surface area contributed by atoms with Gasteiger partial charge < -0.3 is 9.32 Å². The first kappa shape index (κ1) is 17.9. The zero-order chi connectivity index (χ0) is 19.0. The largest absolute Gasteiger partial charge is 0.419 e. The second-order valence-corrected chi connectivity index (χ2v) is 7.69. The van der Waals surface area contributed by atoms with Crippen LogP contribution in [0.3, 0.4) is 0 Å². The first-order chi connectivity index (χ1) is 13.0. The molecule has 0 atom stereocenters. The van der Waals surface area contributed by atoms with Gasteiger partial charge in [-0.3, -0.25) is 14.2 Å². The topological polar surface area (TPSA) is 81.2 Å². The number of carbonyl (C=O) groups excluding carboxylic acids is 1. The van der Waals surface area contributed by atoms with E-state index in [9.17, 15) is 9.59 Å². The zero-order valence-corrected chi connectivity index (χ0v) is 16.2. The molecule has 9 heteroatoms. The van der Waals surface area contributed by atoms with Crippen LogP contribution in [0.15, 0.2) is 38.9 Å². The van der Waals surface area contributed by atoms with Gasteiger partial charge in [0.2, 0.25) is 17.7 Å². The summed E-state index contributed by atoms with van der Waals surface area (Å²) >= 11 is 7.27. The minimum Gasteiger partial charge on any atom is -0.419 e. The molecule has 3 aromatic rings. The van der Waals surface area contributed by atoms with E-state index in [1.165, 1.54) is 4.57 Å². The van der Waals surface area contributed by atoms with Crippen LogP contribution in [-0.2, 0) is 17.9 Å². The summed E-state index contributed by atoms with van der Waals surface area (Å²) in [4.78, 5) is 26.3. The van der Waals surface area contributed by atoms with E-state index >= 15 is 0 Å². The quantitative estimate of drug-likeness (QED) is 0.630. The van der Waals surface area contributed by atoms with Gasteiger partial charge in [0.15, 0.2) is 0 Å². The van der Waals surface area contributed by atoms with Gasteiger partial charge in [-0.15, -0.1) is 10.2 Å². The molecule has 1 aliphatic rings. The van der Waals surface area contributed by atoms with Crippen LogP contribution in [0.5, 0.6) is 0 Å². The molecule has 0 N–H and O–H groups in total. The van der Waals surface area contributed by atoms with Gasteiger partial charge in [-0.25, -0.2) is 0 Å². The minimum atomic E-state index is -0.129. The van der Waals surface area contributed by atoms with Crippen LogP contribution in [0.25, 0.3) is 11.5 Å². The molecule has 0 aliphatic heterocycles. The second-order valence-electron chi connectivity index (χ2n) is 6.46. The van der Waals surface area contributed by atoms with E-state index < -0.39 is 0 Å². The molecule has 0 spiro atoms. The molecule has 27 heavy (non-hydrogen) atoms. The van der Waals surface area contributed by atoms with Gasteiger partial charge in [0.1, 0.15) is 6.54 Å². The molecular weight excluding hydrogens is 388 g/mol. The Kier molecular flexibility index (Phi) is 4.84. The van der Waals surface area contributed by atoms with E-state index in [2.05, 4.69) is 10.2 Å². The summed E-state index contributed by atoms with van der Waals surface area (Å²) in [6.07, 6.45) is 1.88. The molecule has 140 valence electrons. The van der Waals surface area contributed by atoms with Crippen molar-refractivity contribution in [1.82, 2.24) is 19.7 Å². The average molecular weight is 405 g/mol. The molecular formula is C18H17ClN4O3S. The van der Waals surface area contributed by atoms with Gasteiger partial charge in [-0.2, -0.15) is 0 Å². The smallest absolute Gasteiger partial charge is 0.307 e. The summed E-state index contributed by atoms with van der Waals surface area (Å²) in [5, 5.41) is 10.4. The number of carbonyl (C=O) groups is 1. The van der Waals surface area contributed by atoms with Crippen LogP contribution in [0.1, 0.15) is 24.4 Å². The number of rotatable bonds is 6. The predicted molar refractivity (Wildman–Crippen MR) is 102 cm³/mol. The highest BCUT2D eigenvalue weighted by Crippen LogP contribution is 2.30. The molecule has 1 fully saturated rings. The van der Waals surface area contributed by atoms with E-state index in [1.54, 1.807) is 22.4 Å². The number of hydrogen-bond donors (Lipinski definition) is 0. The van der Waals surface area contributed by atoms with Crippen molar-refractivity contribution >= 4 is 28.8 Å². The van der Waals surface area contributed by atoms with E-state index in [1.807, 2.05) is 19.1 Å². The molecule has 2 heterocycles. The normalized spacial score (nSPS) is 13.7. The van der Waals surface area contributed by atoms with Crippen LogP contribution < -0.4 is 4.87 Å². The molecule has 0 radical (unpaired) electrons. The first-order valence-corrected chi connectivity index (χ1v) is 9.80. The van der Waals surface area contributed by atoms with Crippen molar-refractivity contribution in [3.8, 4) is 11.5 Å². The van der Waals surface area contributed by atoms with Crippen molar-refractivity contribution in [2.45, 2.75) is 38.9 Å². The highest BCUT2D eigenvalue weighted by molar-refractivity contribution is 7.07. The lowest BCUT2D eigenvalue weighted by molar-refractivity contribution is -0.133. The SMILES string of the molecule is Cc1csc(=O)n1CC(=O)N(Cc1nnc(-c2ccccc2Cl)o1)C1CC1. The lowest BCUT2D eigenvalue weighted by atomic mass is 10.2. The number of halogens is 1. The number of benzene rings is 1. The highest BCUT2D eigenvalue weighted by atomic mass is 35.5. The van der Waals surface area contributed by atoms with Crippen LogP contribution in [0.2, 0.25) is 5.02 Å². The Morgan fingerprint density at radius 2 is 2.15 bits per heavy atom. The summed E-state index contributed by atoms with van der Waals surface area (Å²) in [5.41, 5.74) is 1.44. The van der Waals surface area contributed by atoms with E-state index in [0.717, 1.165) is 29.9 Å². The Morgan fingerprint density at radius 1 is 1.37 bits per heavy atom. The minimum absolute atomic E-state index is 0.0240. The number of amides is 1. The summed E-state index contributed by atoms with van der Waals surface area (Å²) in [6, 6.07) is 7.37. The van der Waals surface area contributed by atoms with Crippen molar-refractivity contribution in [3.63, 3.8) is 0 Å². The molecule has 1 aliphatic carbocycles. The fourth-order valence-corrected chi connectivity index (χ4v) is 3.79. The number of aromatic nitrogens is 3. The standard InChI is InChI=1S/C18H17ClN4O3S/c1-11-10-27-18(25)22(11)9-16(24)23(12-6-7-12)8-15-20-21-17(26-15)13-4-2-3-5-14(13)19/h2-5,10,12H,6-9H2,1H3. The number of hydrogen-bond acceptors (Lipinski definition) is 6. The fourth-order valence-electron chi connectivity index (χ4n) is 2.84. The van der Waals surface area contributed by atoms with Crippen LogP contribution in [0, 0.1) is 6.92 Å². The van der Waals surface area contributed by atoms with Crippen molar-refractivity contribution in [2.75, 3.05) is 0 Å². The third-order valence-electron chi connectivity index (χ3n) is 4.45. The summed E-state index contributed by atoms with van der Waals surface area (Å²) in [6.45, 7) is 2.07. The highest BCUT2D eigenvalue weighted by Gasteiger charge is 2.34. The number of thiazole rings is 1. The van der Waals surface area contributed by atoms with Crippen LogP contribution >= 0.6 is 22.9 Å². The van der Waals surface area contributed by atoms with E-state index in [4.69, 9.17) is 16.0 Å². The third-order valence-corrected chi connectivity index (χ3v) is 5.67. The Bertz CT molecular complexity index is 1040. The molecule has 0 unspecified atom stereocenters. The molecule has 0 bridgehead atoms. The van der Waals surface area contributed by atoms with Crippen LogP contribution in [-0.4, -0.2) is 31.6 Å². The number of aryl methyl sites for hydroxylation is 1. The van der Waals surface area contributed by atoms with Gasteiger partial charge in [0.25, 0.3) is 0 Å². The maximum atomic E-state index is 12.8. The molecule has 1 amide bonds. The van der Waals surface area contributed by atoms with E-state index in [-0.39, 0.29) is 29.9 Å². The molecule has 1 saturated carbocycles. The van der Waals surface area contributed by atoms with Gasteiger partial charge >= 0.3 is 4.87 Å². The van der Waals surface area contributed by atoms with Gasteiger partial charge in [0, 0.05) is 17.1 Å². The van der Waals surface area contributed by atoms with Crippen molar-refractivity contribution in [3.05, 3.63) is 55.9 Å². The first-order valence-electron chi connectivity index (χ1n) is 8.54. The maximum absolute atomic E-state index is 12.8. The number of nitrogens with zero attached hydrogens (tertiary/aromatic N) is 4. The summed E-state index contributed by atoms with van der Waals surface area (Å²) < 4.78 is 7.22. The Hall–Kier alpha value is -2.45. The summed E-state index contributed by atoms with van der Waals surface area (Å²) in [5.74, 6) is 0.543. The Labute approximate surface area is 164 Å². The van der Waals surface area contributed by atoms with Gasteiger partial charge in [0.05, 0.1) is 17.1 Å². The van der Waals surface area contributed by atoms with Crippen molar-refractivity contribution in [1.29, 1.82) is 0 Å². The molecule has 7 nitrogen and oxygen atoms in total. The fraction of sp³-hybridized carbons (Fsp3) is 0.333. The van der Waals surface area contributed by atoms with E-state index in [0.29, 0.717) is 22.4 Å². The van der Waals surface area contributed by atoms with Gasteiger partial charge in [-0.05, 0) is 31.9 Å². The second kappa shape index (κ2) is 7.28. The molecule has 0 saturated heterocycles. The lowest BCUT2D eigenvalue weighted by Crippen LogP contribution is -2.37. The lowest BCUT2D eigenvalue weighted by Gasteiger charge is -2.21. The monoisotopic (exact) mass is 404 g/mol.